The second-order valence-electron chi connectivity index (χ2n) is 4.57. The number of hydrogen-bond acceptors (Lipinski definition) is 3. The molecule has 13 heavy (non-hydrogen) atoms. The van der Waals surface area contributed by atoms with E-state index in [0.717, 1.165) is 0 Å². The van der Waals surface area contributed by atoms with Gasteiger partial charge in [-0.3, -0.25) is 20.2 Å². The Morgan fingerprint density at radius 2 is 1.31 bits per heavy atom. The molecular weight excluding hydrogens is 168 g/mol. The van der Waals surface area contributed by atoms with Gasteiger partial charge < -0.3 is 0 Å². The van der Waals surface area contributed by atoms with Crippen LogP contribution in [-0.2, 0) is 9.59 Å². The lowest BCUT2D eigenvalue weighted by atomic mass is 10.0. The van der Waals surface area contributed by atoms with Crippen molar-refractivity contribution in [1.82, 2.24) is 10.6 Å². The maximum absolute atomic E-state index is 10.3. The van der Waals surface area contributed by atoms with Crippen molar-refractivity contribution >= 4 is 11.8 Å². The molecule has 1 aliphatic heterocycles. The fourth-order valence-electron chi connectivity index (χ4n) is 0.533. The summed E-state index contributed by atoms with van der Waals surface area (Å²) < 4.78 is 0. The zero-order valence-electron chi connectivity index (χ0n) is 8.73. The summed E-state index contributed by atoms with van der Waals surface area (Å²) in [5, 5.41) is 4.76. The normalized spacial score (nSPS) is 17.2. The summed E-state index contributed by atoms with van der Waals surface area (Å²) in [6, 6.07) is 0. The lowest BCUT2D eigenvalue weighted by molar-refractivity contribution is -0.131. The molecule has 0 aliphatic carbocycles. The van der Waals surface area contributed by atoms with Crippen LogP contribution in [0.5, 0.6) is 0 Å². The Morgan fingerprint density at radius 3 is 1.46 bits per heavy atom. The highest BCUT2D eigenvalue weighted by molar-refractivity contribution is 5.99. The average Bonchev–Trinajstić information content (AvgIpc) is 1.81. The smallest absolute Gasteiger partial charge is 0.240 e. The Bertz CT molecular complexity index is 174. The van der Waals surface area contributed by atoms with E-state index in [1.54, 1.807) is 0 Å². The third-order valence-electron chi connectivity index (χ3n) is 0.850. The van der Waals surface area contributed by atoms with Crippen molar-refractivity contribution in [2.75, 3.05) is 13.1 Å². The first-order chi connectivity index (χ1) is 5.79. The van der Waals surface area contributed by atoms with Gasteiger partial charge in [-0.2, -0.15) is 0 Å². The molecule has 4 heteroatoms. The zero-order chi connectivity index (χ0) is 10.5. The Hall–Kier alpha value is -0.900. The molecule has 0 aromatic heterocycles. The van der Waals surface area contributed by atoms with Crippen LogP contribution in [0.25, 0.3) is 0 Å². The van der Waals surface area contributed by atoms with Gasteiger partial charge in [-0.05, 0) is 5.41 Å². The van der Waals surface area contributed by atoms with Crippen LogP contribution in [0.4, 0.5) is 0 Å². The molecule has 1 rings (SSSR count). The highest BCUT2D eigenvalue weighted by atomic mass is 16.2. The molecule has 0 bridgehead atoms. The highest BCUT2D eigenvalue weighted by Gasteiger charge is 2.12. The first kappa shape index (κ1) is 12.1. The maximum Gasteiger partial charge on any atom is 0.240 e. The summed E-state index contributed by atoms with van der Waals surface area (Å²) in [7, 11) is 0. The molecule has 0 unspecified atom stereocenters. The summed E-state index contributed by atoms with van der Waals surface area (Å²) in [6.07, 6.45) is 0. The van der Waals surface area contributed by atoms with Gasteiger partial charge in [-0.15, -0.1) is 0 Å². The standard InChI is InChI=1S/C5H12.C4H6N2O2/c1-5(2,3)4;7-3-1-5-2-4(8)6-3/h1-4H3;5H,1-2H2,(H,6,7,8). The van der Waals surface area contributed by atoms with Crippen LogP contribution in [0.1, 0.15) is 27.7 Å². The number of piperazine rings is 1. The maximum atomic E-state index is 10.3. The number of nitrogens with one attached hydrogen (secondary N) is 2. The Labute approximate surface area is 79.1 Å². The lowest BCUT2D eigenvalue weighted by Gasteiger charge is -2.09. The monoisotopic (exact) mass is 186 g/mol. The summed E-state index contributed by atoms with van der Waals surface area (Å²) >= 11 is 0. The predicted molar refractivity (Wildman–Crippen MR) is 51.1 cm³/mol. The van der Waals surface area contributed by atoms with E-state index >= 15 is 0 Å². The molecule has 1 aliphatic rings. The molecule has 4 nitrogen and oxygen atoms in total. The van der Waals surface area contributed by atoms with E-state index in [-0.39, 0.29) is 24.9 Å². The van der Waals surface area contributed by atoms with Gasteiger partial charge >= 0.3 is 0 Å². The van der Waals surface area contributed by atoms with Crippen molar-refractivity contribution in [3.63, 3.8) is 0 Å². The topological polar surface area (TPSA) is 58.2 Å². The van der Waals surface area contributed by atoms with Crippen LogP contribution >= 0.6 is 0 Å². The molecule has 0 spiro atoms. The second kappa shape index (κ2) is 4.97. The van der Waals surface area contributed by atoms with Gasteiger partial charge in [0.1, 0.15) is 0 Å². The van der Waals surface area contributed by atoms with Crippen LogP contribution in [-0.4, -0.2) is 24.9 Å². The van der Waals surface area contributed by atoms with Gasteiger partial charge in [0.25, 0.3) is 0 Å². The van der Waals surface area contributed by atoms with Gasteiger partial charge in [0.05, 0.1) is 13.1 Å². The lowest BCUT2D eigenvalue weighted by Crippen LogP contribution is -2.48. The summed E-state index contributed by atoms with van der Waals surface area (Å²) in [5.41, 5.74) is 0.500. The van der Waals surface area contributed by atoms with Gasteiger partial charge in [0.2, 0.25) is 11.8 Å². The quantitative estimate of drug-likeness (QED) is 0.534. The Morgan fingerprint density at radius 1 is 1.00 bits per heavy atom. The minimum atomic E-state index is -0.249. The first-order valence-electron chi connectivity index (χ1n) is 4.32. The molecule has 0 radical (unpaired) electrons. The third-order valence-corrected chi connectivity index (χ3v) is 0.850. The number of amides is 2. The molecule has 0 saturated carbocycles. The third kappa shape index (κ3) is 11.1. The van der Waals surface area contributed by atoms with Gasteiger partial charge in [-0.1, -0.05) is 27.7 Å². The molecule has 2 N–H and O–H groups in total. The van der Waals surface area contributed by atoms with Gasteiger partial charge in [0, 0.05) is 0 Å². The van der Waals surface area contributed by atoms with Crippen molar-refractivity contribution in [3.05, 3.63) is 0 Å². The Balaban J connectivity index is 0.000000252. The molecule has 1 fully saturated rings. The number of rotatable bonds is 0. The van der Waals surface area contributed by atoms with E-state index < -0.39 is 0 Å². The SMILES string of the molecule is CC(C)(C)C.O=C1CNCC(=O)N1. The minimum absolute atomic E-state index is 0.249. The van der Waals surface area contributed by atoms with Crippen LogP contribution < -0.4 is 10.6 Å². The number of imide groups is 1. The fraction of sp³-hybridized carbons (Fsp3) is 0.778. The summed E-state index contributed by atoms with van der Waals surface area (Å²) in [6.45, 7) is 9.26. The number of carbonyl (C=O) groups is 2. The molecule has 1 heterocycles. The first-order valence-corrected chi connectivity index (χ1v) is 4.32. The molecule has 76 valence electrons. The van der Waals surface area contributed by atoms with E-state index in [1.165, 1.54) is 0 Å². The van der Waals surface area contributed by atoms with E-state index in [2.05, 4.69) is 38.3 Å². The van der Waals surface area contributed by atoms with Crippen molar-refractivity contribution in [3.8, 4) is 0 Å². The van der Waals surface area contributed by atoms with E-state index in [9.17, 15) is 9.59 Å². The number of carbonyl (C=O) groups excluding carboxylic acids is 2. The molecular formula is C9H18N2O2. The van der Waals surface area contributed by atoms with Crippen molar-refractivity contribution in [2.45, 2.75) is 27.7 Å². The van der Waals surface area contributed by atoms with E-state index in [1.807, 2.05) is 0 Å². The van der Waals surface area contributed by atoms with Gasteiger partial charge in [-0.25, -0.2) is 0 Å². The van der Waals surface area contributed by atoms with E-state index in [4.69, 9.17) is 0 Å². The van der Waals surface area contributed by atoms with Gasteiger partial charge in [0.15, 0.2) is 0 Å². The van der Waals surface area contributed by atoms with Crippen LogP contribution in [0, 0.1) is 5.41 Å². The van der Waals surface area contributed by atoms with Crippen LogP contribution in [0.2, 0.25) is 0 Å². The molecule has 2 amide bonds. The highest BCUT2D eigenvalue weighted by Crippen LogP contribution is 2.07. The molecule has 1 saturated heterocycles. The molecule has 0 atom stereocenters. The number of hydrogen-bond donors (Lipinski definition) is 2. The Kier molecular flexibility index (Phi) is 4.62. The van der Waals surface area contributed by atoms with E-state index in [0.29, 0.717) is 5.41 Å². The molecule has 0 aromatic rings. The average molecular weight is 186 g/mol. The van der Waals surface area contributed by atoms with Crippen LogP contribution in [0.15, 0.2) is 0 Å². The molecule has 0 aromatic carbocycles. The minimum Gasteiger partial charge on any atom is -0.300 e. The predicted octanol–water partition coefficient (Wildman–Crippen LogP) is 0.285. The zero-order valence-corrected chi connectivity index (χ0v) is 8.73. The van der Waals surface area contributed by atoms with Crippen molar-refractivity contribution in [2.24, 2.45) is 5.41 Å². The fourth-order valence-corrected chi connectivity index (χ4v) is 0.533. The second-order valence-corrected chi connectivity index (χ2v) is 4.57. The van der Waals surface area contributed by atoms with Crippen molar-refractivity contribution in [1.29, 1.82) is 0 Å². The van der Waals surface area contributed by atoms with Crippen LogP contribution in [0.3, 0.4) is 0 Å². The summed E-state index contributed by atoms with van der Waals surface area (Å²) in [5.74, 6) is -0.498. The van der Waals surface area contributed by atoms with Crippen molar-refractivity contribution < 1.29 is 9.59 Å². The summed E-state index contributed by atoms with van der Waals surface area (Å²) in [4.78, 5) is 20.6. The largest absolute Gasteiger partial charge is 0.300 e.